The molecule has 1 aliphatic heterocycles. The average Bonchev–Trinajstić information content (AvgIpc) is 2.78. The number of nitrogens with one attached hydrogen (secondary N) is 1. The highest BCUT2D eigenvalue weighted by molar-refractivity contribution is 6.07. The predicted molar refractivity (Wildman–Crippen MR) is 120 cm³/mol. The van der Waals surface area contributed by atoms with Gasteiger partial charge in [-0.1, -0.05) is 13.0 Å². The summed E-state index contributed by atoms with van der Waals surface area (Å²) in [6.45, 7) is 5.55. The molecule has 0 aliphatic carbocycles. The Morgan fingerprint density at radius 2 is 2.06 bits per heavy atom. The van der Waals surface area contributed by atoms with Crippen LogP contribution in [0.3, 0.4) is 0 Å². The van der Waals surface area contributed by atoms with Gasteiger partial charge in [0.15, 0.2) is 5.65 Å². The molecule has 1 aromatic carbocycles. The summed E-state index contributed by atoms with van der Waals surface area (Å²) in [5.41, 5.74) is 3.66. The van der Waals surface area contributed by atoms with E-state index in [0.29, 0.717) is 34.1 Å². The Balaban J connectivity index is 1.79. The first kappa shape index (κ1) is 20.8. The lowest BCUT2D eigenvalue weighted by Crippen LogP contribution is -2.39. The van der Waals surface area contributed by atoms with Crippen molar-refractivity contribution in [2.75, 3.05) is 25.5 Å². The largest absolute Gasteiger partial charge is 0.465 e. The molecule has 1 fully saturated rings. The van der Waals surface area contributed by atoms with Crippen molar-refractivity contribution >= 4 is 34.3 Å². The number of aromatic nitrogens is 2. The molecular weight excluding hydrogens is 392 g/mol. The molecule has 31 heavy (non-hydrogen) atoms. The van der Waals surface area contributed by atoms with Crippen molar-refractivity contribution in [1.82, 2.24) is 14.9 Å². The van der Waals surface area contributed by atoms with Gasteiger partial charge in [0.05, 0.1) is 23.9 Å². The Labute approximate surface area is 181 Å². The van der Waals surface area contributed by atoms with E-state index in [1.807, 2.05) is 30.0 Å². The second kappa shape index (κ2) is 8.71. The molecule has 0 radical (unpaired) electrons. The Morgan fingerprint density at radius 1 is 1.23 bits per heavy atom. The Morgan fingerprint density at radius 3 is 2.84 bits per heavy atom. The number of hydrogen-bond acceptors (Lipinski definition) is 6. The molecule has 3 heterocycles. The van der Waals surface area contributed by atoms with Crippen molar-refractivity contribution < 1.29 is 14.3 Å². The van der Waals surface area contributed by atoms with Gasteiger partial charge in [-0.25, -0.2) is 14.8 Å². The van der Waals surface area contributed by atoms with E-state index < -0.39 is 5.97 Å². The van der Waals surface area contributed by atoms with Crippen LogP contribution in [0.1, 0.15) is 46.2 Å². The van der Waals surface area contributed by atoms with Crippen LogP contribution < -0.4 is 5.32 Å². The van der Waals surface area contributed by atoms with Crippen molar-refractivity contribution in [2.45, 2.75) is 26.7 Å². The van der Waals surface area contributed by atoms with Gasteiger partial charge in [-0.15, -0.1) is 0 Å². The number of likely N-dealkylation sites (tertiary alicyclic amines) is 1. The summed E-state index contributed by atoms with van der Waals surface area (Å²) in [6, 6.07) is 10.8. The first-order valence-electron chi connectivity index (χ1n) is 10.5. The molecule has 1 N–H and O–H groups in total. The number of benzene rings is 1. The van der Waals surface area contributed by atoms with Gasteiger partial charge in [-0.3, -0.25) is 4.79 Å². The van der Waals surface area contributed by atoms with Crippen molar-refractivity contribution in [3.8, 4) is 0 Å². The standard InChI is InChI=1S/C24H26N4O3/c1-15-6-5-11-28(14-15)23(29)20-13-25-22-19(10-9-16(2)26-22)21(20)27-18-8-4-7-17(12-18)24(30)31-3/h4,7-10,12-13,15H,5-6,11,14H2,1-3H3,(H,25,26,27). The molecular formula is C24H26N4O3. The first-order chi connectivity index (χ1) is 15.0. The molecule has 4 rings (SSSR count). The minimum absolute atomic E-state index is 0.0480. The van der Waals surface area contributed by atoms with Gasteiger partial charge in [-0.05, 0) is 56.0 Å². The number of piperidine rings is 1. The van der Waals surface area contributed by atoms with Crippen molar-refractivity contribution in [3.63, 3.8) is 0 Å². The van der Waals surface area contributed by atoms with E-state index in [4.69, 9.17) is 4.74 Å². The quantitative estimate of drug-likeness (QED) is 0.635. The number of hydrogen-bond donors (Lipinski definition) is 1. The molecule has 7 nitrogen and oxygen atoms in total. The van der Waals surface area contributed by atoms with Crippen LogP contribution in [0, 0.1) is 12.8 Å². The third kappa shape index (κ3) is 4.35. The van der Waals surface area contributed by atoms with Gasteiger partial charge in [0.25, 0.3) is 5.91 Å². The molecule has 1 amide bonds. The molecule has 1 aliphatic rings. The first-order valence-corrected chi connectivity index (χ1v) is 10.5. The number of amides is 1. The number of esters is 1. The van der Waals surface area contributed by atoms with Crippen LogP contribution in [0.15, 0.2) is 42.6 Å². The lowest BCUT2D eigenvalue weighted by Gasteiger charge is -2.31. The third-order valence-corrected chi connectivity index (χ3v) is 5.60. The van der Waals surface area contributed by atoms with E-state index in [9.17, 15) is 9.59 Å². The molecule has 0 spiro atoms. The summed E-state index contributed by atoms with van der Waals surface area (Å²) in [5.74, 6) is 0.0101. The molecule has 1 saturated heterocycles. The normalized spacial score (nSPS) is 16.2. The van der Waals surface area contributed by atoms with Gasteiger partial charge in [-0.2, -0.15) is 0 Å². The van der Waals surface area contributed by atoms with Crippen molar-refractivity contribution in [1.29, 1.82) is 0 Å². The van der Waals surface area contributed by atoms with E-state index in [-0.39, 0.29) is 5.91 Å². The number of carbonyl (C=O) groups excluding carboxylic acids is 2. The molecule has 0 saturated carbocycles. The molecule has 3 aromatic rings. The van der Waals surface area contributed by atoms with Crippen molar-refractivity contribution in [3.05, 3.63) is 59.4 Å². The number of fused-ring (bicyclic) bond motifs is 1. The number of pyridine rings is 2. The molecule has 7 heteroatoms. The summed E-state index contributed by atoms with van der Waals surface area (Å²) < 4.78 is 4.83. The predicted octanol–water partition coefficient (Wildman–Crippen LogP) is 4.34. The van der Waals surface area contributed by atoms with Gasteiger partial charge < -0.3 is 15.0 Å². The summed E-state index contributed by atoms with van der Waals surface area (Å²) >= 11 is 0. The number of rotatable bonds is 4. The number of anilines is 2. The molecule has 2 aromatic heterocycles. The van der Waals surface area contributed by atoms with Crippen LogP contribution in [0.25, 0.3) is 11.0 Å². The van der Waals surface area contributed by atoms with Crippen LogP contribution in [0.4, 0.5) is 11.4 Å². The zero-order valence-corrected chi connectivity index (χ0v) is 18.0. The minimum atomic E-state index is -0.417. The lowest BCUT2D eigenvalue weighted by molar-refractivity contribution is 0.0600. The van der Waals surface area contributed by atoms with Crippen LogP contribution in [-0.2, 0) is 4.74 Å². The highest BCUT2D eigenvalue weighted by Gasteiger charge is 2.25. The van der Waals surface area contributed by atoms with E-state index in [0.717, 1.165) is 37.0 Å². The highest BCUT2D eigenvalue weighted by atomic mass is 16.5. The Bertz CT molecular complexity index is 1140. The zero-order valence-electron chi connectivity index (χ0n) is 18.0. The van der Waals surface area contributed by atoms with Gasteiger partial charge >= 0.3 is 5.97 Å². The number of carbonyl (C=O) groups is 2. The molecule has 160 valence electrons. The molecule has 0 bridgehead atoms. The SMILES string of the molecule is COC(=O)c1cccc(Nc2c(C(=O)N3CCCC(C)C3)cnc3nc(C)ccc23)c1. The molecule has 1 unspecified atom stereocenters. The maximum absolute atomic E-state index is 13.4. The third-order valence-electron chi connectivity index (χ3n) is 5.60. The van der Waals surface area contributed by atoms with E-state index in [2.05, 4.69) is 22.2 Å². The zero-order chi connectivity index (χ0) is 22.0. The van der Waals surface area contributed by atoms with Gasteiger partial charge in [0.2, 0.25) is 0 Å². The summed E-state index contributed by atoms with van der Waals surface area (Å²) in [6.07, 6.45) is 3.73. The highest BCUT2D eigenvalue weighted by Crippen LogP contribution is 2.31. The van der Waals surface area contributed by atoms with Crippen LogP contribution in [0.5, 0.6) is 0 Å². The number of aryl methyl sites for hydroxylation is 1. The lowest BCUT2D eigenvalue weighted by atomic mass is 9.99. The summed E-state index contributed by atoms with van der Waals surface area (Å²) in [5, 5.41) is 4.10. The van der Waals surface area contributed by atoms with E-state index in [1.165, 1.54) is 7.11 Å². The van der Waals surface area contributed by atoms with Crippen LogP contribution >= 0.6 is 0 Å². The fourth-order valence-corrected chi connectivity index (χ4v) is 4.00. The van der Waals surface area contributed by atoms with Gasteiger partial charge in [0.1, 0.15) is 0 Å². The maximum atomic E-state index is 13.4. The topological polar surface area (TPSA) is 84.4 Å². The van der Waals surface area contributed by atoms with Crippen LogP contribution in [-0.4, -0.2) is 46.9 Å². The molecule has 1 atom stereocenters. The monoisotopic (exact) mass is 418 g/mol. The van der Waals surface area contributed by atoms with Crippen LogP contribution in [0.2, 0.25) is 0 Å². The minimum Gasteiger partial charge on any atom is -0.465 e. The second-order valence-corrected chi connectivity index (χ2v) is 8.07. The Hall–Kier alpha value is -3.48. The second-order valence-electron chi connectivity index (χ2n) is 8.07. The number of methoxy groups -OCH3 is 1. The summed E-state index contributed by atoms with van der Waals surface area (Å²) in [7, 11) is 1.35. The fourth-order valence-electron chi connectivity index (χ4n) is 4.00. The summed E-state index contributed by atoms with van der Waals surface area (Å²) in [4.78, 5) is 36.3. The Kier molecular flexibility index (Phi) is 5.84. The van der Waals surface area contributed by atoms with Crippen molar-refractivity contribution in [2.24, 2.45) is 5.92 Å². The maximum Gasteiger partial charge on any atom is 0.337 e. The average molecular weight is 418 g/mol. The fraction of sp³-hybridized carbons (Fsp3) is 0.333. The number of nitrogens with zero attached hydrogens (tertiary/aromatic N) is 3. The number of ether oxygens (including phenoxy) is 1. The van der Waals surface area contributed by atoms with E-state index in [1.54, 1.807) is 24.4 Å². The smallest absolute Gasteiger partial charge is 0.337 e. The van der Waals surface area contributed by atoms with Gasteiger partial charge in [0, 0.05) is 36.1 Å². The van der Waals surface area contributed by atoms with E-state index >= 15 is 0 Å².